The smallest absolute Gasteiger partial charge is 0.250 e. The zero-order valence-corrected chi connectivity index (χ0v) is 17.3. The molecule has 0 atom stereocenters. The van der Waals surface area contributed by atoms with Crippen LogP contribution in [0.1, 0.15) is 11.1 Å². The summed E-state index contributed by atoms with van der Waals surface area (Å²) in [6.07, 6.45) is 1.64. The largest absolute Gasteiger partial charge is 0.305 e. The molecule has 27 heavy (non-hydrogen) atoms. The van der Waals surface area contributed by atoms with Gasteiger partial charge < -0.3 is 4.57 Å². The normalized spacial score (nSPS) is 11.1. The Morgan fingerprint density at radius 2 is 2.07 bits per heavy atom. The molecule has 0 fully saturated rings. The monoisotopic (exact) mass is 443 g/mol. The second-order valence-corrected chi connectivity index (χ2v) is 7.67. The molecule has 6 nitrogen and oxygen atoms in total. The topological polar surface area (TPSA) is 72.2 Å². The molecule has 2 aromatic carbocycles. The number of hydrogen-bond acceptors (Lipinski definition) is 5. The molecule has 0 radical (unpaired) electrons. The van der Waals surface area contributed by atoms with E-state index in [1.807, 2.05) is 67.1 Å². The summed E-state index contributed by atoms with van der Waals surface area (Å²) in [5.74, 6) is 0.754. The molecule has 1 N–H and O–H groups in total. The van der Waals surface area contributed by atoms with Gasteiger partial charge in [-0.05, 0) is 30.2 Å². The molecule has 1 heterocycles. The van der Waals surface area contributed by atoms with Crippen LogP contribution in [0.2, 0.25) is 0 Å². The van der Waals surface area contributed by atoms with Gasteiger partial charge in [0.15, 0.2) is 11.0 Å². The van der Waals surface area contributed by atoms with Crippen LogP contribution >= 0.6 is 27.7 Å². The fraction of sp³-hybridized carbons (Fsp3) is 0.158. The maximum atomic E-state index is 12.0. The van der Waals surface area contributed by atoms with Gasteiger partial charge in [-0.25, -0.2) is 5.43 Å². The molecule has 0 aliphatic carbocycles. The molecule has 0 aliphatic heterocycles. The minimum absolute atomic E-state index is 0.197. The molecular formula is C19H18BrN5OS. The van der Waals surface area contributed by atoms with Crippen LogP contribution in [-0.2, 0) is 11.8 Å². The quantitative estimate of drug-likeness (QED) is 0.357. The molecule has 0 saturated heterocycles. The standard InChI is InChI=1S/C19H18BrN5OS/c1-13-6-3-4-7-15(13)11-21-22-17(26)12-27-19-24-23-18(25(19)2)14-8-5-9-16(20)10-14/h3-11H,12H2,1-2H3,(H,22,26)/b21-11+. The Bertz CT molecular complexity index is 986. The lowest BCUT2D eigenvalue weighted by Gasteiger charge is -2.04. The van der Waals surface area contributed by atoms with E-state index in [1.165, 1.54) is 11.8 Å². The Labute approximate surface area is 170 Å². The lowest BCUT2D eigenvalue weighted by Crippen LogP contribution is -2.20. The molecule has 0 spiro atoms. The third-order valence-electron chi connectivity index (χ3n) is 3.83. The zero-order valence-electron chi connectivity index (χ0n) is 14.9. The van der Waals surface area contributed by atoms with E-state index in [9.17, 15) is 4.79 Å². The average molecular weight is 444 g/mol. The Morgan fingerprint density at radius 3 is 2.85 bits per heavy atom. The highest BCUT2D eigenvalue weighted by atomic mass is 79.9. The lowest BCUT2D eigenvalue weighted by atomic mass is 10.1. The number of amides is 1. The van der Waals surface area contributed by atoms with Crippen LogP contribution in [0.25, 0.3) is 11.4 Å². The van der Waals surface area contributed by atoms with Crippen molar-refractivity contribution in [2.75, 3.05) is 5.75 Å². The van der Waals surface area contributed by atoms with E-state index < -0.39 is 0 Å². The number of aromatic nitrogens is 3. The van der Waals surface area contributed by atoms with Gasteiger partial charge in [0.25, 0.3) is 5.91 Å². The summed E-state index contributed by atoms with van der Waals surface area (Å²) in [7, 11) is 1.88. The molecule has 0 saturated carbocycles. The number of carbonyl (C=O) groups is 1. The zero-order chi connectivity index (χ0) is 19.2. The number of carbonyl (C=O) groups excluding carboxylic acids is 1. The van der Waals surface area contributed by atoms with Gasteiger partial charge in [-0.1, -0.05) is 64.1 Å². The number of halogens is 1. The van der Waals surface area contributed by atoms with Crippen molar-refractivity contribution in [2.45, 2.75) is 12.1 Å². The van der Waals surface area contributed by atoms with E-state index in [4.69, 9.17) is 0 Å². The van der Waals surface area contributed by atoms with Crippen molar-refractivity contribution in [2.24, 2.45) is 12.1 Å². The number of nitrogens with one attached hydrogen (secondary N) is 1. The molecule has 3 aromatic rings. The van der Waals surface area contributed by atoms with Gasteiger partial charge in [-0.2, -0.15) is 5.10 Å². The first kappa shape index (κ1) is 19.3. The van der Waals surface area contributed by atoms with Crippen molar-refractivity contribution < 1.29 is 4.79 Å². The molecule has 1 aromatic heterocycles. The number of thioether (sulfide) groups is 1. The fourth-order valence-electron chi connectivity index (χ4n) is 2.39. The van der Waals surface area contributed by atoms with E-state index in [0.717, 1.165) is 27.0 Å². The highest BCUT2D eigenvalue weighted by molar-refractivity contribution is 9.10. The summed E-state index contributed by atoms with van der Waals surface area (Å²) in [5, 5.41) is 13.1. The summed E-state index contributed by atoms with van der Waals surface area (Å²) in [6.45, 7) is 2.00. The predicted octanol–water partition coefficient (Wildman–Crippen LogP) is 3.80. The third-order valence-corrected chi connectivity index (χ3v) is 5.34. The van der Waals surface area contributed by atoms with Crippen LogP contribution in [0.5, 0.6) is 0 Å². The van der Waals surface area contributed by atoms with Crippen molar-refractivity contribution >= 4 is 39.8 Å². The van der Waals surface area contributed by atoms with Gasteiger partial charge in [-0.3, -0.25) is 4.79 Å². The van der Waals surface area contributed by atoms with Crippen LogP contribution < -0.4 is 5.43 Å². The predicted molar refractivity (Wildman–Crippen MR) is 112 cm³/mol. The lowest BCUT2D eigenvalue weighted by molar-refractivity contribution is -0.118. The highest BCUT2D eigenvalue weighted by Crippen LogP contribution is 2.24. The number of hydrogen-bond donors (Lipinski definition) is 1. The molecule has 0 unspecified atom stereocenters. The van der Waals surface area contributed by atoms with Crippen LogP contribution in [0.15, 0.2) is 63.3 Å². The first-order valence-corrected chi connectivity index (χ1v) is 9.98. The fourth-order valence-corrected chi connectivity index (χ4v) is 3.49. The van der Waals surface area contributed by atoms with Gasteiger partial charge in [-0.15, -0.1) is 10.2 Å². The average Bonchev–Trinajstić information content (AvgIpc) is 3.02. The van der Waals surface area contributed by atoms with Gasteiger partial charge in [0, 0.05) is 17.1 Å². The van der Waals surface area contributed by atoms with Crippen molar-refractivity contribution in [3.63, 3.8) is 0 Å². The summed E-state index contributed by atoms with van der Waals surface area (Å²) in [6, 6.07) is 15.7. The van der Waals surface area contributed by atoms with Crippen LogP contribution in [0.4, 0.5) is 0 Å². The third kappa shape index (κ3) is 5.05. The van der Waals surface area contributed by atoms with Crippen LogP contribution in [0.3, 0.4) is 0 Å². The van der Waals surface area contributed by atoms with Crippen LogP contribution in [-0.4, -0.2) is 32.6 Å². The summed E-state index contributed by atoms with van der Waals surface area (Å²) in [4.78, 5) is 12.0. The van der Waals surface area contributed by atoms with Crippen molar-refractivity contribution in [3.05, 3.63) is 64.1 Å². The molecule has 0 aliphatic rings. The summed E-state index contributed by atoms with van der Waals surface area (Å²) < 4.78 is 2.85. The highest BCUT2D eigenvalue weighted by Gasteiger charge is 2.13. The van der Waals surface area contributed by atoms with Gasteiger partial charge in [0.1, 0.15) is 0 Å². The Kier molecular flexibility index (Phi) is 6.41. The van der Waals surface area contributed by atoms with E-state index in [2.05, 4.69) is 36.7 Å². The molecule has 3 rings (SSSR count). The van der Waals surface area contributed by atoms with Crippen molar-refractivity contribution in [1.82, 2.24) is 20.2 Å². The summed E-state index contributed by atoms with van der Waals surface area (Å²) in [5.41, 5.74) is 5.57. The van der Waals surface area contributed by atoms with Crippen molar-refractivity contribution in [3.8, 4) is 11.4 Å². The second-order valence-electron chi connectivity index (χ2n) is 5.81. The number of aryl methyl sites for hydroxylation is 1. The maximum Gasteiger partial charge on any atom is 0.250 e. The van der Waals surface area contributed by atoms with E-state index >= 15 is 0 Å². The second kappa shape index (κ2) is 8.96. The Morgan fingerprint density at radius 1 is 1.26 bits per heavy atom. The minimum Gasteiger partial charge on any atom is -0.305 e. The molecule has 8 heteroatoms. The van der Waals surface area contributed by atoms with Gasteiger partial charge in [0.05, 0.1) is 12.0 Å². The van der Waals surface area contributed by atoms with Crippen molar-refractivity contribution in [1.29, 1.82) is 0 Å². The van der Waals surface area contributed by atoms with E-state index in [0.29, 0.717) is 5.16 Å². The number of hydrazone groups is 1. The number of benzene rings is 2. The van der Waals surface area contributed by atoms with Crippen LogP contribution in [0, 0.1) is 6.92 Å². The molecular weight excluding hydrogens is 426 g/mol. The molecule has 1 amide bonds. The van der Waals surface area contributed by atoms with Gasteiger partial charge in [0.2, 0.25) is 0 Å². The number of rotatable bonds is 6. The molecule has 138 valence electrons. The van der Waals surface area contributed by atoms with E-state index in [1.54, 1.807) is 6.21 Å². The molecule has 0 bridgehead atoms. The minimum atomic E-state index is -0.197. The van der Waals surface area contributed by atoms with Gasteiger partial charge >= 0.3 is 0 Å². The SMILES string of the molecule is Cc1ccccc1/C=N/NC(=O)CSc1nnc(-c2cccc(Br)c2)n1C. The summed E-state index contributed by atoms with van der Waals surface area (Å²) >= 11 is 4.77. The maximum absolute atomic E-state index is 12.0. The Hall–Kier alpha value is -2.45. The first-order valence-electron chi connectivity index (χ1n) is 8.20. The first-order chi connectivity index (χ1) is 13.0. The van der Waals surface area contributed by atoms with E-state index in [-0.39, 0.29) is 11.7 Å². The Balaban J connectivity index is 1.57. The number of nitrogens with zero attached hydrogens (tertiary/aromatic N) is 4.